The quantitative estimate of drug-likeness (QED) is 0.627. The SMILES string of the molecule is CC[C@@](C)(O)C1CCCC1. The Bertz CT molecular complexity index is 101. The van der Waals surface area contributed by atoms with Crippen LogP contribution in [0.5, 0.6) is 0 Å². The van der Waals surface area contributed by atoms with Crippen LogP contribution in [0.4, 0.5) is 0 Å². The van der Waals surface area contributed by atoms with Gasteiger partial charge in [-0.3, -0.25) is 0 Å². The predicted octanol–water partition coefficient (Wildman–Crippen LogP) is 2.34. The first kappa shape index (κ1) is 8.06. The van der Waals surface area contributed by atoms with E-state index >= 15 is 0 Å². The van der Waals surface area contributed by atoms with Crippen molar-refractivity contribution in [2.45, 2.75) is 51.6 Å². The van der Waals surface area contributed by atoms with Crippen molar-refractivity contribution in [2.24, 2.45) is 5.92 Å². The van der Waals surface area contributed by atoms with Crippen LogP contribution in [0.2, 0.25) is 0 Å². The summed E-state index contributed by atoms with van der Waals surface area (Å²) in [7, 11) is 0. The standard InChI is InChI=1S/C9H18O/c1-3-9(2,10)8-6-4-5-7-8/h8,10H,3-7H2,1-2H3/t9-/m1/s1. The fraction of sp³-hybridized carbons (Fsp3) is 1.00. The van der Waals surface area contributed by atoms with Crippen molar-refractivity contribution in [2.75, 3.05) is 0 Å². The van der Waals surface area contributed by atoms with E-state index in [2.05, 4.69) is 6.92 Å². The van der Waals surface area contributed by atoms with Crippen molar-refractivity contribution in [3.8, 4) is 0 Å². The van der Waals surface area contributed by atoms with Crippen LogP contribution < -0.4 is 0 Å². The Morgan fingerprint density at radius 2 is 1.90 bits per heavy atom. The van der Waals surface area contributed by atoms with Crippen molar-refractivity contribution < 1.29 is 5.11 Å². The highest BCUT2D eigenvalue weighted by Crippen LogP contribution is 2.35. The summed E-state index contributed by atoms with van der Waals surface area (Å²) in [6.45, 7) is 4.04. The summed E-state index contributed by atoms with van der Waals surface area (Å²) in [4.78, 5) is 0. The van der Waals surface area contributed by atoms with Gasteiger partial charge in [0, 0.05) is 0 Å². The third-order valence-corrected chi connectivity index (χ3v) is 2.95. The molecule has 1 atom stereocenters. The highest BCUT2D eigenvalue weighted by Gasteiger charge is 2.31. The van der Waals surface area contributed by atoms with Gasteiger partial charge in [0.25, 0.3) is 0 Å². The second-order valence-electron chi connectivity index (χ2n) is 3.69. The highest BCUT2D eigenvalue weighted by molar-refractivity contribution is 4.83. The second-order valence-corrected chi connectivity index (χ2v) is 3.69. The Hall–Kier alpha value is -0.0400. The van der Waals surface area contributed by atoms with E-state index in [4.69, 9.17) is 0 Å². The normalized spacial score (nSPS) is 26.7. The first-order valence-electron chi connectivity index (χ1n) is 4.39. The van der Waals surface area contributed by atoms with Crippen molar-refractivity contribution >= 4 is 0 Å². The zero-order valence-electron chi connectivity index (χ0n) is 7.06. The highest BCUT2D eigenvalue weighted by atomic mass is 16.3. The predicted molar refractivity (Wildman–Crippen MR) is 42.9 cm³/mol. The van der Waals surface area contributed by atoms with Crippen LogP contribution >= 0.6 is 0 Å². The minimum atomic E-state index is -0.378. The van der Waals surface area contributed by atoms with Gasteiger partial charge in [-0.15, -0.1) is 0 Å². The maximum absolute atomic E-state index is 9.82. The number of hydrogen-bond acceptors (Lipinski definition) is 1. The van der Waals surface area contributed by atoms with Gasteiger partial charge < -0.3 is 5.11 Å². The van der Waals surface area contributed by atoms with Gasteiger partial charge in [-0.05, 0) is 32.1 Å². The Balaban J connectivity index is 2.45. The average Bonchev–Trinajstić information content (AvgIpc) is 2.38. The van der Waals surface area contributed by atoms with Crippen LogP contribution in [0.15, 0.2) is 0 Å². The zero-order valence-corrected chi connectivity index (χ0v) is 7.06. The minimum Gasteiger partial charge on any atom is -0.390 e. The molecule has 1 rings (SSSR count). The van der Waals surface area contributed by atoms with Crippen LogP contribution in [0.25, 0.3) is 0 Å². The first-order valence-corrected chi connectivity index (χ1v) is 4.39. The number of hydrogen-bond donors (Lipinski definition) is 1. The maximum atomic E-state index is 9.82. The molecule has 60 valence electrons. The van der Waals surface area contributed by atoms with E-state index in [1.54, 1.807) is 0 Å². The van der Waals surface area contributed by atoms with Gasteiger partial charge in [0.1, 0.15) is 0 Å². The molecule has 1 N–H and O–H groups in total. The lowest BCUT2D eigenvalue weighted by atomic mass is 9.86. The van der Waals surface area contributed by atoms with Crippen molar-refractivity contribution in [1.29, 1.82) is 0 Å². The van der Waals surface area contributed by atoms with Crippen LogP contribution in [0.3, 0.4) is 0 Å². The molecule has 0 aliphatic heterocycles. The van der Waals surface area contributed by atoms with Crippen LogP contribution in [0, 0.1) is 5.92 Å². The molecular weight excluding hydrogens is 124 g/mol. The average molecular weight is 142 g/mol. The van der Waals surface area contributed by atoms with E-state index in [-0.39, 0.29) is 5.60 Å². The maximum Gasteiger partial charge on any atom is 0.0645 e. The molecule has 1 fully saturated rings. The lowest BCUT2D eigenvalue weighted by Crippen LogP contribution is -2.31. The molecule has 0 bridgehead atoms. The summed E-state index contributed by atoms with van der Waals surface area (Å²) < 4.78 is 0. The summed E-state index contributed by atoms with van der Waals surface area (Å²) >= 11 is 0. The molecule has 1 nitrogen and oxygen atoms in total. The summed E-state index contributed by atoms with van der Waals surface area (Å²) in [5.74, 6) is 0.581. The number of aliphatic hydroxyl groups is 1. The van der Waals surface area contributed by atoms with Gasteiger partial charge in [0.15, 0.2) is 0 Å². The molecule has 0 radical (unpaired) electrons. The Morgan fingerprint density at radius 1 is 1.40 bits per heavy atom. The van der Waals surface area contributed by atoms with Gasteiger partial charge in [-0.25, -0.2) is 0 Å². The Labute approximate surface area is 63.4 Å². The second kappa shape index (κ2) is 2.91. The topological polar surface area (TPSA) is 20.2 Å². The smallest absolute Gasteiger partial charge is 0.0645 e. The van der Waals surface area contributed by atoms with Gasteiger partial charge in [-0.1, -0.05) is 19.8 Å². The lowest BCUT2D eigenvalue weighted by Gasteiger charge is -2.28. The summed E-state index contributed by atoms with van der Waals surface area (Å²) in [5, 5.41) is 9.82. The molecule has 10 heavy (non-hydrogen) atoms. The molecule has 1 aliphatic rings. The lowest BCUT2D eigenvalue weighted by molar-refractivity contribution is -0.00190. The summed E-state index contributed by atoms with van der Waals surface area (Å²) in [5.41, 5.74) is -0.378. The molecule has 0 aromatic carbocycles. The molecule has 0 saturated heterocycles. The summed E-state index contributed by atoms with van der Waals surface area (Å²) in [6, 6.07) is 0. The van der Waals surface area contributed by atoms with Crippen LogP contribution in [-0.2, 0) is 0 Å². The van der Waals surface area contributed by atoms with E-state index in [0.29, 0.717) is 5.92 Å². The van der Waals surface area contributed by atoms with E-state index in [1.807, 2.05) is 6.92 Å². The third-order valence-electron chi connectivity index (χ3n) is 2.95. The Kier molecular flexibility index (Phi) is 2.35. The van der Waals surface area contributed by atoms with Crippen molar-refractivity contribution in [3.05, 3.63) is 0 Å². The van der Waals surface area contributed by atoms with Crippen molar-refractivity contribution in [3.63, 3.8) is 0 Å². The first-order chi connectivity index (χ1) is 4.67. The summed E-state index contributed by atoms with van der Waals surface area (Å²) in [6.07, 6.45) is 6.01. The fourth-order valence-corrected chi connectivity index (χ4v) is 1.84. The Morgan fingerprint density at radius 3 is 2.30 bits per heavy atom. The van der Waals surface area contributed by atoms with E-state index in [1.165, 1.54) is 25.7 Å². The van der Waals surface area contributed by atoms with E-state index < -0.39 is 0 Å². The monoisotopic (exact) mass is 142 g/mol. The molecule has 0 aromatic heterocycles. The molecule has 1 aliphatic carbocycles. The molecule has 1 heteroatoms. The van der Waals surface area contributed by atoms with E-state index in [0.717, 1.165) is 6.42 Å². The van der Waals surface area contributed by atoms with Gasteiger partial charge in [0.05, 0.1) is 5.60 Å². The molecule has 0 amide bonds. The van der Waals surface area contributed by atoms with Gasteiger partial charge in [-0.2, -0.15) is 0 Å². The number of rotatable bonds is 2. The molecule has 0 heterocycles. The largest absolute Gasteiger partial charge is 0.390 e. The van der Waals surface area contributed by atoms with Crippen LogP contribution in [-0.4, -0.2) is 10.7 Å². The third kappa shape index (κ3) is 1.51. The molecule has 0 unspecified atom stereocenters. The van der Waals surface area contributed by atoms with Crippen molar-refractivity contribution in [1.82, 2.24) is 0 Å². The molecule has 0 spiro atoms. The molecule has 1 saturated carbocycles. The molecular formula is C9H18O. The van der Waals surface area contributed by atoms with Crippen LogP contribution in [0.1, 0.15) is 46.0 Å². The van der Waals surface area contributed by atoms with E-state index in [9.17, 15) is 5.11 Å². The minimum absolute atomic E-state index is 0.378. The van der Waals surface area contributed by atoms with Gasteiger partial charge >= 0.3 is 0 Å². The molecule has 0 aromatic rings. The van der Waals surface area contributed by atoms with Gasteiger partial charge in [0.2, 0.25) is 0 Å². The fourth-order valence-electron chi connectivity index (χ4n) is 1.84. The zero-order chi connectivity index (χ0) is 7.61.